The first-order valence-electron chi connectivity index (χ1n) is 8.32. The zero-order valence-corrected chi connectivity index (χ0v) is 15.0. The van der Waals surface area contributed by atoms with Crippen molar-refractivity contribution in [3.8, 4) is 11.5 Å². The Morgan fingerprint density at radius 1 is 1.12 bits per heavy atom. The second kappa shape index (κ2) is 7.07. The van der Waals surface area contributed by atoms with Crippen LogP contribution in [0, 0.1) is 6.92 Å². The number of hydrogen-bond donors (Lipinski definition) is 1. The number of fused-ring (bicyclic) bond motifs is 1. The fraction of sp³-hybridized carbons (Fsp3) is 0.300. The lowest BCUT2D eigenvalue weighted by atomic mass is 9.92. The Labute approximate surface area is 152 Å². The summed E-state index contributed by atoms with van der Waals surface area (Å²) >= 11 is 0. The molecule has 0 aliphatic carbocycles. The molecule has 0 aromatic heterocycles. The number of carboxylic acid groups (broad SMARTS) is 1. The molecule has 6 nitrogen and oxygen atoms in total. The molecule has 2 aromatic rings. The zero-order valence-electron chi connectivity index (χ0n) is 15.0. The molecule has 26 heavy (non-hydrogen) atoms. The molecule has 2 aromatic carbocycles. The molecule has 0 bridgehead atoms. The number of ether oxygens (including phenoxy) is 2. The summed E-state index contributed by atoms with van der Waals surface area (Å²) in [5, 5.41) is 9.75. The Hall–Kier alpha value is -3.02. The van der Waals surface area contributed by atoms with Gasteiger partial charge in [-0.15, -0.1) is 0 Å². The van der Waals surface area contributed by atoms with Gasteiger partial charge in [0.2, 0.25) is 0 Å². The van der Waals surface area contributed by atoms with E-state index in [4.69, 9.17) is 9.47 Å². The van der Waals surface area contributed by atoms with Gasteiger partial charge in [-0.1, -0.05) is 24.3 Å². The van der Waals surface area contributed by atoms with Crippen molar-refractivity contribution in [2.24, 2.45) is 0 Å². The number of benzene rings is 2. The number of rotatable bonds is 4. The van der Waals surface area contributed by atoms with E-state index in [1.165, 1.54) is 19.1 Å². The van der Waals surface area contributed by atoms with E-state index < -0.39 is 12.0 Å². The number of aliphatic carboxylic acids is 1. The van der Waals surface area contributed by atoms with Crippen LogP contribution >= 0.6 is 0 Å². The molecule has 0 spiro atoms. The van der Waals surface area contributed by atoms with E-state index in [0.717, 1.165) is 11.1 Å². The van der Waals surface area contributed by atoms with Crippen LogP contribution < -0.4 is 9.47 Å². The molecular weight excluding hydrogens is 334 g/mol. The van der Waals surface area contributed by atoms with Gasteiger partial charge >= 0.3 is 5.97 Å². The Morgan fingerprint density at radius 2 is 1.73 bits per heavy atom. The third-order valence-corrected chi connectivity index (χ3v) is 4.78. The van der Waals surface area contributed by atoms with Gasteiger partial charge in [-0.3, -0.25) is 4.79 Å². The zero-order chi connectivity index (χ0) is 18.8. The van der Waals surface area contributed by atoms with E-state index in [0.29, 0.717) is 35.6 Å². The summed E-state index contributed by atoms with van der Waals surface area (Å²) in [4.78, 5) is 26.4. The lowest BCUT2D eigenvalue weighted by molar-refractivity contribution is -0.143. The molecular formula is C20H21NO5. The molecule has 3 rings (SSSR count). The van der Waals surface area contributed by atoms with Crippen LogP contribution in [0.25, 0.3) is 0 Å². The van der Waals surface area contributed by atoms with Crippen LogP contribution in [0.2, 0.25) is 0 Å². The van der Waals surface area contributed by atoms with Crippen LogP contribution in [0.5, 0.6) is 11.5 Å². The fourth-order valence-corrected chi connectivity index (χ4v) is 3.43. The largest absolute Gasteiger partial charge is 0.496 e. The quantitative estimate of drug-likeness (QED) is 0.913. The monoisotopic (exact) mass is 355 g/mol. The Bertz CT molecular complexity index is 836. The highest BCUT2D eigenvalue weighted by Crippen LogP contribution is 2.34. The lowest BCUT2D eigenvalue weighted by Gasteiger charge is -2.35. The van der Waals surface area contributed by atoms with E-state index >= 15 is 0 Å². The minimum absolute atomic E-state index is 0.339. The number of carboxylic acids is 1. The van der Waals surface area contributed by atoms with Gasteiger partial charge in [0.15, 0.2) is 6.04 Å². The fourth-order valence-electron chi connectivity index (χ4n) is 3.43. The van der Waals surface area contributed by atoms with Crippen LogP contribution in [0.3, 0.4) is 0 Å². The van der Waals surface area contributed by atoms with Gasteiger partial charge in [0, 0.05) is 17.7 Å². The predicted molar refractivity (Wildman–Crippen MR) is 95.8 cm³/mol. The molecule has 1 amide bonds. The summed E-state index contributed by atoms with van der Waals surface area (Å²) in [7, 11) is 3.04. The van der Waals surface area contributed by atoms with Gasteiger partial charge in [-0.2, -0.15) is 0 Å². The normalized spacial score (nSPS) is 16.0. The second-order valence-corrected chi connectivity index (χ2v) is 6.19. The van der Waals surface area contributed by atoms with Crippen molar-refractivity contribution in [2.75, 3.05) is 20.8 Å². The maximum absolute atomic E-state index is 13.1. The summed E-state index contributed by atoms with van der Waals surface area (Å²) in [5.74, 6) is -0.353. The van der Waals surface area contributed by atoms with Gasteiger partial charge < -0.3 is 19.5 Å². The number of hydrogen-bond acceptors (Lipinski definition) is 4. The van der Waals surface area contributed by atoms with E-state index in [2.05, 4.69) is 0 Å². The minimum atomic E-state index is -1.04. The average Bonchev–Trinajstić information content (AvgIpc) is 2.66. The summed E-state index contributed by atoms with van der Waals surface area (Å²) in [6.45, 7) is 2.18. The Morgan fingerprint density at radius 3 is 2.31 bits per heavy atom. The SMILES string of the molecule is COc1cc(C(=O)N2CCc3ccccc3C2C(=O)O)cc(OC)c1C. The number of amides is 1. The van der Waals surface area contributed by atoms with E-state index in [-0.39, 0.29) is 5.91 Å². The maximum atomic E-state index is 13.1. The molecule has 1 atom stereocenters. The van der Waals surface area contributed by atoms with Crippen molar-refractivity contribution in [3.63, 3.8) is 0 Å². The van der Waals surface area contributed by atoms with Crippen molar-refractivity contribution in [1.29, 1.82) is 0 Å². The van der Waals surface area contributed by atoms with Gasteiger partial charge in [0.1, 0.15) is 11.5 Å². The molecule has 1 aliphatic rings. The summed E-state index contributed by atoms with van der Waals surface area (Å²) in [6, 6.07) is 9.59. The third kappa shape index (κ3) is 2.98. The molecule has 1 heterocycles. The maximum Gasteiger partial charge on any atom is 0.331 e. The van der Waals surface area contributed by atoms with Crippen LogP contribution in [-0.4, -0.2) is 42.6 Å². The predicted octanol–water partition coefficient (Wildman–Crippen LogP) is 2.84. The summed E-state index contributed by atoms with van der Waals surface area (Å²) < 4.78 is 10.7. The van der Waals surface area contributed by atoms with Crippen LogP contribution in [0.1, 0.15) is 33.1 Å². The molecule has 136 valence electrons. The third-order valence-electron chi connectivity index (χ3n) is 4.78. The molecule has 0 saturated heterocycles. The van der Waals surface area contributed by atoms with Crippen molar-refractivity contribution in [3.05, 3.63) is 58.7 Å². The van der Waals surface area contributed by atoms with E-state index in [9.17, 15) is 14.7 Å². The molecule has 6 heteroatoms. The first-order chi connectivity index (χ1) is 12.5. The molecule has 1 aliphatic heterocycles. The highest BCUT2D eigenvalue weighted by molar-refractivity contribution is 5.98. The molecule has 0 fully saturated rings. The molecule has 1 unspecified atom stereocenters. The van der Waals surface area contributed by atoms with Crippen LogP contribution in [-0.2, 0) is 11.2 Å². The van der Waals surface area contributed by atoms with Crippen LogP contribution in [0.4, 0.5) is 0 Å². The second-order valence-electron chi connectivity index (χ2n) is 6.19. The van der Waals surface area contributed by atoms with Crippen molar-refractivity contribution < 1.29 is 24.2 Å². The topological polar surface area (TPSA) is 76.1 Å². The van der Waals surface area contributed by atoms with Crippen LogP contribution in [0.15, 0.2) is 36.4 Å². The number of carbonyl (C=O) groups excluding carboxylic acids is 1. The lowest BCUT2D eigenvalue weighted by Crippen LogP contribution is -2.43. The minimum Gasteiger partial charge on any atom is -0.496 e. The van der Waals surface area contributed by atoms with Gasteiger partial charge in [-0.25, -0.2) is 4.79 Å². The highest BCUT2D eigenvalue weighted by atomic mass is 16.5. The highest BCUT2D eigenvalue weighted by Gasteiger charge is 2.36. The summed E-state index contributed by atoms with van der Waals surface area (Å²) in [5.41, 5.74) is 2.74. The standard InChI is InChI=1S/C20H21NO5/c1-12-16(25-2)10-14(11-17(12)26-3)19(22)21-9-8-13-6-4-5-7-15(13)18(21)20(23)24/h4-7,10-11,18H,8-9H2,1-3H3,(H,23,24). The molecule has 0 radical (unpaired) electrons. The van der Waals surface area contributed by atoms with E-state index in [1.807, 2.05) is 19.1 Å². The first-order valence-corrected chi connectivity index (χ1v) is 8.32. The first kappa shape index (κ1) is 17.8. The Balaban J connectivity index is 2.03. The van der Waals surface area contributed by atoms with Crippen molar-refractivity contribution >= 4 is 11.9 Å². The van der Waals surface area contributed by atoms with Gasteiger partial charge in [0.05, 0.1) is 14.2 Å². The van der Waals surface area contributed by atoms with Gasteiger partial charge in [0.25, 0.3) is 5.91 Å². The molecule has 1 N–H and O–H groups in total. The van der Waals surface area contributed by atoms with E-state index in [1.54, 1.807) is 24.3 Å². The molecule has 0 saturated carbocycles. The van der Waals surface area contributed by atoms with Gasteiger partial charge in [-0.05, 0) is 36.6 Å². The average molecular weight is 355 g/mol. The number of methoxy groups -OCH3 is 2. The summed E-state index contributed by atoms with van der Waals surface area (Å²) in [6.07, 6.45) is 0.617. The van der Waals surface area contributed by atoms with Crippen molar-refractivity contribution in [2.45, 2.75) is 19.4 Å². The number of nitrogens with zero attached hydrogens (tertiary/aromatic N) is 1. The Kier molecular flexibility index (Phi) is 4.84. The van der Waals surface area contributed by atoms with Crippen molar-refractivity contribution in [1.82, 2.24) is 4.90 Å². The number of carbonyl (C=O) groups is 2. The smallest absolute Gasteiger partial charge is 0.331 e.